The summed E-state index contributed by atoms with van der Waals surface area (Å²) in [5, 5.41) is 12.7. The molecule has 0 spiro atoms. The lowest BCUT2D eigenvalue weighted by Crippen LogP contribution is -2.23. The standard InChI is InChI=1S/C25H24N4O3S/c26-33(31,32)18-21-11-7-10-20(14-21)15-27-25(30)23-17-29(16-19-8-3-1-4-9-19)28-24(23)22-12-5-2-6-13-22/h1-14,17H,15-16,18H2,(H,27,30)(H2,26,31,32). The number of rotatable bonds is 8. The Kier molecular flexibility index (Phi) is 6.67. The molecule has 0 unspecified atom stereocenters. The van der Waals surface area contributed by atoms with Gasteiger partial charge in [0.25, 0.3) is 5.91 Å². The molecule has 33 heavy (non-hydrogen) atoms. The third-order valence-corrected chi connectivity index (χ3v) is 5.79. The summed E-state index contributed by atoms with van der Waals surface area (Å²) in [5.41, 5.74) is 4.36. The number of nitrogens with two attached hydrogens (primary N) is 1. The van der Waals surface area contributed by atoms with Crippen LogP contribution in [0.15, 0.2) is 91.1 Å². The van der Waals surface area contributed by atoms with Crippen molar-refractivity contribution in [1.29, 1.82) is 0 Å². The van der Waals surface area contributed by atoms with Crippen LogP contribution in [-0.2, 0) is 28.9 Å². The van der Waals surface area contributed by atoms with Crippen LogP contribution >= 0.6 is 0 Å². The molecule has 1 heterocycles. The topological polar surface area (TPSA) is 107 Å². The number of nitrogens with one attached hydrogen (secondary N) is 1. The second kappa shape index (κ2) is 9.81. The van der Waals surface area contributed by atoms with E-state index in [2.05, 4.69) is 10.4 Å². The smallest absolute Gasteiger partial charge is 0.255 e. The van der Waals surface area contributed by atoms with E-state index < -0.39 is 10.0 Å². The highest BCUT2D eigenvalue weighted by Crippen LogP contribution is 2.22. The van der Waals surface area contributed by atoms with Gasteiger partial charge < -0.3 is 5.32 Å². The molecule has 0 saturated heterocycles. The lowest BCUT2D eigenvalue weighted by Gasteiger charge is -2.07. The summed E-state index contributed by atoms with van der Waals surface area (Å²) in [6, 6.07) is 26.5. The third-order valence-electron chi connectivity index (χ3n) is 5.05. The van der Waals surface area contributed by atoms with E-state index in [1.54, 1.807) is 29.1 Å². The number of amides is 1. The van der Waals surface area contributed by atoms with Crippen LogP contribution in [0.3, 0.4) is 0 Å². The van der Waals surface area contributed by atoms with E-state index >= 15 is 0 Å². The molecule has 3 N–H and O–H groups in total. The van der Waals surface area contributed by atoms with Crippen molar-refractivity contribution in [3.63, 3.8) is 0 Å². The number of nitrogens with zero attached hydrogens (tertiary/aromatic N) is 2. The van der Waals surface area contributed by atoms with Crippen molar-refractivity contribution in [3.05, 3.63) is 113 Å². The maximum Gasteiger partial charge on any atom is 0.255 e. The number of sulfonamides is 1. The van der Waals surface area contributed by atoms with Crippen LogP contribution in [-0.4, -0.2) is 24.1 Å². The van der Waals surface area contributed by atoms with Gasteiger partial charge in [-0.25, -0.2) is 13.6 Å². The average Bonchev–Trinajstić information content (AvgIpc) is 3.22. The van der Waals surface area contributed by atoms with Gasteiger partial charge in [-0.05, 0) is 16.7 Å². The molecule has 0 atom stereocenters. The van der Waals surface area contributed by atoms with Crippen LogP contribution in [0.1, 0.15) is 27.0 Å². The third kappa shape index (κ3) is 6.15. The van der Waals surface area contributed by atoms with E-state index in [4.69, 9.17) is 5.14 Å². The van der Waals surface area contributed by atoms with Crippen LogP contribution in [0, 0.1) is 0 Å². The van der Waals surface area contributed by atoms with Crippen LogP contribution in [0.25, 0.3) is 11.3 Å². The first kappa shape index (κ1) is 22.4. The first-order valence-electron chi connectivity index (χ1n) is 10.4. The predicted octanol–water partition coefficient (Wildman–Crippen LogP) is 3.32. The number of hydrogen-bond acceptors (Lipinski definition) is 4. The Labute approximate surface area is 192 Å². The fourth-order valence-corrected chi connectivity index (χ4v) is 4.23. The predicted molar refractivity (Wildman–Crippen MR) is 128 cm³/mol. The second-order valence-electron chi connectivity index (χ2n) is 7.75. The molecule has 0 aliphatic rings. The number of carbonyl (C=O) groups is 1. The average molecular weight is 461 g/mol. The van der Waals surface area contributed by atoms with Crippen molar-refractivity contribution >= 4 is 15.9 Å². The van der Waals surface area contributed by atoms with E-state index in [0.29, 0.717) is 23.4 Å². The molecule has 0 bridgehead atoms. The Hall–Kier alpha value is -3.75. The van der Waals surface area contributed by atoms with Crippen molar-refractivity contribution < 1.29 is 13.2 Å². The summed E-state index contributed by atoms with van der Waals surface area (Å²) in [6.07, 6.45) is 1.75. The normalized spacial score (nSPS) is 11.3. The first-order valence-corrected chi connectivity index (χ1v) is 12.1. The van der Waals surface area contributed by atoms with Crippen LogP contribution in [0.5, 0.6) is 0 Å². The van der Waals surface area contributed by atoms with Crippen LogP contribution in [0.2, 0.25) is 0 Å². The van der Waals surface area contributed by atoms with E-state index in [9.17, 15) is 13.2 Å². The summed E-state index contributed by atoms with van der Waals surface area (Å²) in [6.45, 7) is 0.791. The van der Waals surface area contributed by atoms with Crippen molar-refractivity contribution in [2.45, 2.75) is 18.8 Å². The van der Waals surface area contributed by atoms with Gasteiger partial charge in [-0.1, -0.05) is 84.9 Å². The maximum absolute atomic E-state index is 13.1. The zero-order valence-electron chi connectivity index (χ0n) is 17.9. The minimum atomic E-state index is -3.63. The largest absolute Gasteiger partial charge is 0.348 e. The van der Waals surface area contributed by atoms with Crippen molar-refractivity contribution in [3.8, 4) is 11.3 Å². The van der Waals surface area contributed by atoms with Gasteiger partial charge in [-0.3, -0.25) is 9.48 Å². The molecule has 0 aliphatic heterocycles. The molecule has 8 heteroatoms. The maximum atomic E-state index is 13.1. The van der Waals surface area contributed by atoms with Crippen LogP contribution in [0.4, 0.5) is 0 Å². The quantitative estimate of drug-likeness (QED) is 0.421. The second-order valence-corrected chi connectivity index (χ2v) is 9.36. The summed E-state index contributed by atoms with van der Waals surface area (Å²) in [5.74, 6) is -0.510. The van der Waals surface area contributed by atoms with E-state index in [1.165, 1.54) is 0 Å². The minimum absolute atomic E-state index is 0.245. The highest BCUT2D eigenvalue weighted by Gasteiger charge is 2.18. The molecule has 4 aromatic rings. The lowest BCUT2D eigenvalue weighted by atomic mass is 10.1. The van der Waals surface area contributed by atoms with Gasteiger partial charge >= 0.3 is 0 Å². The zero-order valence-corrected chi connectivity index (χ0v) is 18.7. The molecule has 0 saturated carbocycles. The van der Waals surface area contributed by atoms with Gasteiger partial charge in [0, 0.05) is 18.3 Å². The molecule has 0 radical (unpaired) electrons. The van der Waals surface area contributed by atoms with E-state index in [-0.39, 0.29) is 18.2 Å². The monoisotopic (exact) mass is 460 g/mol. The number of carbonyl (C=O) groups excluding carboxylic acids is 1. The Morgan fingerprint density at radius 2 is 1.52 bits per heavy atom. The van der Waals surface area contributed by atoms with E-state index in [0.717, 1.165) is 16.7 Å². The minimum Gasteiger partial charge on any atom is -0.348 e. The summed E-state index contributed by atoms with van der Waals surface area (Å²) in [7, 11) is -3.63. The molecule has 0 fully saturated rings. The van der Waals surface area contributed by atoms with Gasteiger partial charge in [0.2, 0.25) is 10.0 Å². The molecule has 0 aliphatic carbocycles. The Morgan fingerprint density at radius 3 is 2.21 bits per heavy atom. The molecular formula is C25H24N4O3S. The number of benzene rings is 3. The zero-order chi connectivity index (χ0) is 23.3. The number of aromatic nitrogens is 2. The highest BCUT2D eigenvalue weighted by atomic mass is 32.2. The fourth-order valence-electron chi connectivity index (χ4n) is 3.59. The molecule has 168 valence electrons. The van der Waals surface area contributed by atoms with Gasteiger partial charge in [0.05, 0.1) is 17.9 Å². The highest BCUT2D eigenvalue weighted by molar-refractivity contribution is 7.88. The molecule has 4 rings (SSSR count). The van der Waals surface area contributed by atoms with Crippen molar-refractivity contribution in [2.75, 3.05) is 0 Å². The Morgan fingerprint density at radius 1 is 0.879 bits per heavy atom. The summed E-state index contributed by atoms with van der Waals surface area (Å²) >= 11 is 0. The lowest BCUT2D eigenvalue weighted by molar-refractivity contribution is 0.0951. The van der Waals surface area contributed by atoms with Gasteiger partial charge in [0.15, 0.2) is 0 Å². The van der Waals surface area contributed by atoms with Crippen molar-refractivity contribution in [1.82, 2.24) is 15.1 Å². The fraction of sp³-hybridized carbons (Fsp3) is 0.120. The molecule has 3 aromatic carbocycles. The van der Waals surface area contributed by atoms with E-state index in [1.807, 2.05) is 66.7 Å². The Bertz CT molecular complexity index is 1350. The molecular weight excluding hydrogens is 436 g/mol. The summed E-state index contributed by atoms with van der Waals surface area (Å²) < 4.78 is 24.5. The van der Waals surface area contributed by atoms with Gasteiger partial charge in [0.1, 0.15) is 5.69 Å². The first-order chi connectivity index (χ1) is 15.9. The van der Waals surface area contributed by atoms with Gasteiger partial charge in [-0.15, -0.1) is 0 Å². The SMILES string of the molecule is NS(=O)(=O)Cc1cccc(CNC(=O)c2cn(Cc3ccccc3)nc2-c2ccccc2)c1. The Balaban J connectivity index is 1.55. The van der Waals surface area contributed by atoms with Crippen LogP contribution < -0.4 is 10.5 Å². The summed E-state index contributed by atoms with van der Waals surface area (Å²) in [4.78, 5) is 13.1. The molecule has 1 amide bonds. The molecule has 7 nitrogen and oxygen atoms in total. The number of primary sulfonamides is 1. The number of hydrogen-bond donors (Lipinski definition) is 2. The van der Waals surface area contributed by atoms with Gasteiger partial charge in [-0.2, -0.15) is 5.10 Å². The van der Waals surface area contributed by atoms with Crippen molar-refractivity contribution in [2.24, 2.45) is 5.14 Å². The molecule has 1 aromatic heterocycles.